The lowest BCUT2D eigenvalue weighted by atomic mass is 10.1. The quantitative estimate of drug-likeness (QED) is 0.685. The van der Waals surface area contributed by atoms with Gasteiger partial charge >= 0.3 is 0 Å². The van der Waals surface area contributed by atoms with Crippen molar-refractivity contribution < 1.29 is 9.53 Å². The first-order valence-corrected chi connectivity index (χ1v) is 8.41. The first-order chi connectivity index (χ1) is 11.5. The Morgan fingerprint density at radius 1 is 1.12 bits per heavy atom. The topological polar surface area (TPSA) is 64.3 Å². The van der Waals surface area contributed by atoms with Gasteiger partial charge in [0.25, 0.3) is 0 Å². The van der Waals surface area contributed by atoms with Crippen LogP contribution < -0.4 is 15.8 Å². The van der Waals surface area contributed by atoms with Gasteiger partial charge in [-0.15, -0.1) is 0 Å². The molecule has 0 radical (unpaired) electrons. The molecule has 0 fully saturated rings. The third-order valence-electron chi connectivity index (χ3n) is 3.75. The highest BCUT2D eigenvalue weighted by atomic mass is 35.5. The van der Waals surface area contributed by atoms with E-state index in [0.717, 1.165) is 29.2 Å². The molecule has 5 heteroatoms. The van der Waals surface area contributed by atoms with Crippen LogP contribution in [0.4, 0.5) is 0 Å². The van der Waals surface area contributed by atoms with E-state index in [0.29, 0.717) is 13.2 Å². The van der Waals surface area contributed by atoms with Gasteiger partial charge in [0, 0.05) is 11.6 Å². The van der Waals surface area contributed by atoms with Gasteiger partial charge in [0.15, 0.2) is 0 Å². The highest BCUT2D eigenvalue weighted by Gasteiger charge is 2.06. The molecule has 2 rings (SSSR count). The van der Waals surface area contributed by atoms with E-state index in [1.165, 1.54) is 5.56 Å². The molecule has 0 saturated carbocycles. The fraction of sp³-hybridized carbons (Fsp3) is 0.316. The summed E-state index contributed by atoms with van der Waals surface area (Å²) in [6.45, 7) is 3.01. The summed E-state index contributed by atoms with van der Waals surface area (Å²) in [5.74, 6) is 0.494. The second-order valence-corrected chi connectivity index (χ2v) is 6.16. The van der Waals surface area contributed by atoms with Gasteiger partial charge in [-0.05, 0) is 55.2 Å². The predicted octanol–water partition coefficient (Wildman–Crippen LogP) is 3.32. The Labute approximate surface area is 148 Å². The Morgan fingerprint density at radius 3 is 2.38 bits per heavy atom. The van der Waals surface area contributed by atoms with E-state index in [2.05, 4.69) is 5.32 Å². The molecule has 3 N–H and O–H groups in total. The average Bonchev–Trinajstić information content (AvgIpc) is 2.59. The summed E-state index contributed by atoms with van der Waals surface area (Å²) >= 11 is 5.87. The number of halogens is 1. The zero-order valence-corrected chi connectivity index (χ0v) is 14.6. The van der Waals surface area contributed by atoms with E-state index in [4.69, 9.17) is 22.1 Å². The summed E-state index contributed by atoms with van der Waals surface area (Å²) in [7, 11) is 0. The molecule has 0 bridgehead atoms. The van der Waals surface area contributed by atoms with Crippen molar-refractivity contribution in [3.05, 3.63) is 64.7 Å². The van der Waals surface area contributed by atoms with Crippen LogP contribution in [-0.4, -0.2) is 18.6 Å². The molecular formula is C19H23ClN2O2. The van der Waals surface area contributed by atoms with Gasteiger partial charge in [0.05, 0.1) is 12.6 Å². The van der Waals surface area contributed by atoms with E-state index in [1.54, 1.807) is 6.92 Å². The number of amides is 1. The molecule has 0 aliphatic heterocycles. The minimum absolute atomic E-state index is 0.339. The van der Waals surface area contributed by atoms with Crippen LogP contribution in [-0.2, 0) is 17.8 Å². The van der Waals surface area contributed by atoms with Gasteiger partial charge in [-0.3, -0.25) is 4.79 Å². The second kappa shape index (κ2) is 9.30. The lowest BCUT2D eigenvalue weighted by molar-refractivity contribution is -0.119. The molecule has 0 aliphatic rings. The second-order valence-electron chi connectivity index (χ2n) is 5.73. The van der Waals surface area contributed by atoms with Gasteiger partial charge in [0.2, 0.25) is 5.91 Å². The maximum absolute atomic E-state index is 11.0. The average molecular weight is 347 g/mol. The summed E-state index contributed by atoms with van der Waals surface area (Å²) < 4.78 is 5.75. The van der Waals surface area contributed by atoms with E-state index in [-0.39, 0.29) is 11.9 Å². The van der Waals surface area contributed by atoms with Crippen LogP contribution in [0.15, 0.2) is 48.5 Å². The van der Waals surface area contributed by atoms with Crippen LogP contribution in [0.1, 0.15) is 24.5 Å². The highest BCUT2D eigenvalue weighted by molar-refractivity contribution is 6.30. The predicted molar refractivity (Wildman–Crippen MR) is 97.2 cm³/mol. The van der Waals surface area contributed by atoms with Crippen molar-refractivity contribution in [2.75, 3.05) is 6.61 Å². The Bertz CT molecular complexity index is 641. The summed E-state index contributed by atoms with van der Waals surface area (Å²) in [4.78, 5) is 11.0. The fourth-order valence-electron chi connectivity index (χ4n) is 2.19. The van der Waals surface area contributed by atoms with Crippen molar-refractivity contribution in [2.24, 2.45) is 5.73 Å². The third-order valence-corrected chi connectivity index (χ3v) is 4.01. The number of nitrogens with one attached hydrogen (secondary N) is 1. The number of hydrogen-bond donors (Lipinski definition) is 2. The molecule has 0 saturated heterocycles. The molecule has 1 amide bonds. The number of carbonyl (C=O) groups is 1. The smallest absolute Gasteiger partial charge is 0.234 e. The number of rotatable bonds is 9. The number of primary amides is 1. The first kappa shape index (κ1) is 18.3. The molecule has 24 heavy (non-hydrogen) atoms. The number of carbonyl (C=O) groups excluding carboxylic acids is 1. The monoisotopic (exact) mass is 346 g/mol. The molecule has 2 aromatic rings. The van der Waals surface area contributed by atoms with Crippen molar-refractivity contribution in [3.8, 4) is 5.75 Å². The maximum atomic E-state index is 11.0. The Kier molecular flexibility index (Phi) is 7.09. The van der Waals surface area contributed by atoms with Crippen LogP contribution in [0, 0.1) is 0 Å². The Hall–Kier alpha value is -2.04. The lowest BCUT2D eigenvalue weighted by Crippen LogP contribution is -2.38. The van der Waals surface area contributed by atoms with E-state index < -0.39 is 0 Å². The van der Waals surface area contributed by atoms with Crippen LogP contribution in [0.3, 0.4) is 0 Å². The molecular weight excluding hydrogens is 324 g/mol. The number of hydrogen-bond acceptors (Lipinski definition) is 3. The van der Waals surface area contributed by atoms with E-state index >= 15 is 0 Å². The first-order valence-electron chi connectivity index (χ1n) is 8.03. The van der Waals surface area contributed by atoms with Crippen molar-refractivity contribution in [1.29, 1.82) is 0 Å². The standard InChI is InChI=1S/C19H23ClN2O2/c1-14(19(21)23)22-13-16-6-10-18(11-7-16)24-12-2-3-15-4-8-17(20)9-5-15/h4-11,14,22H,2-3,12-13H2,1H3,(H2,21,23). The van der Waals surface area contributed by atoms with Crippen molar-refractivity contribution in [1.82, 2.24) is 5.32 Å². The van der Waals surface area contributed by atoms with Crippen LogP contribution in [0.2, 0.25) is 5.02 Å². The van der Waals surface area contributed by atoms with Crippen molar-refractivity contribution in [2.45, 2.75) is 32.4 Å². The molecule has 128 valence electrons. The number of aryl methyl sites for hydroxylation is 1. The highest BCUT2D eigenvalue weighted by Crippen LogP contribution is 2.14. The molecule has 0 spiro atoms. The summed E-state index contributed by atoms with van der Waals surface area (Å²) in [5.41, 5.74) is 7.55. The molecule has 0 heterocycles. The third kappa shape index (κ3) is 6.22. The Balaban J connectivity index is 1.69. The molecule has 0 aromatic heterocycles. The van der Waals surface area contributed by atoms with Crippen LogP contribution >= 0.6 is 11.6 Å². The Morgan fingerprint density at radius 2 is 1.75 bits per heavy atom. The molecule has 1 atom stereocenters. The van der Waals surface area contributed by atoms with Crippen molar-refractivity contribution in [3.63, 3.8) is 0 Å². The molecule has 0 aliphatic carbocycles. The van der Waals surface area contributed by atoms with Crippen LogP contribution in [0.5, 0.6) is 5.75 Å². The summed E-state index contributed by atoms with van der Waals surface area (Å²) in [6.07, 6.45) is 1.91. The maximum Gasteiger partial charge on any atom is 0.234 e. The zero-order valence-electron chi connectivity index (χ0n) is 13.8. The van der Waals surface area contributed by atoms with Gasteiger partial charge in [-0.1, -0.05) is 35.9 Å². The van der Waals surface area contributed by atoms with E-state index in [1.807, 2.05) is 48.5 Å². The summed E-state index contributed by atoms with van der Waals surface area (Å²) in [5, 5.41) is 3.83. The molecule has 1 unspecified atom stereocenters. The summed E-state index contributed by atoms with van der Waals surface area (Å²) in [6, 6.07) is 15.4. The molecule has 4 nitrogen and oxygen atoms in total. The van der Waals surface area contributed by atoms with Crippen LogP contribution in [0.25, 0.3) is 0 Å². The number of nitrogens with two attached hydrogens (primary N) is 1. The lowest BCUT2D eigenvalue weighted by Gasteiger charge is -2.11. The zero-order chi connectivity index (χ0) is 17.4. The minimum atomic E-state index is -0.351. The SMILES string of the molecule is CC(NCc1ccc(OCCCc2ccc(Cl)cc2)cc1)C(N)=O. The number of benzene rings is 2. The largest absolute Gasteiger partial charge is 0.494 e. The normalized spacial score (nSPS) is 11.9. The van der Waals surface area contributed by atoms with E-state index in [9.17, 15) is 4.79 Å². The van der Waals surface area contributed by atoms with Crippen molar-refractivity contribution >= 4 is 17.5 Å². The molecule has 2 aromatic carbocycles. The van der Waals surface area contributed by atoms with Gasteiger partial charge in [-0.25, -0.2) is 0 Å². The van der Waals surface area contributed by atoms with Gasteiger partial charge in [-0.2, -0.15) is 0 Å². The number of ether oxygens (including phenoxy) is 1. The van der Waals surface area contributed by atoms with Gasteiger partial charge in [0.1, 0.15) is 5.75 Å². The fourth-order valence-corrected chi connectivity index (χ4v) is 2.32. The van der Waals surface area contributed by atoms with Gasteiger partial charge < -0.3 is 15.8 Å². The minimum Gasteiger partial charge on any atom is -0.494 e.